The van der Waals surface area contributed by atoms with E-state index in [1.807, 2.05) is 30.3 Å². The minimum atomic E-state index is -1.30. The summed E-state index contributed by atoms with van der Waals surface area (Å²) in [7, 11) is 1.17. The number of rotatable bonds is 10. The van der Waals surface area contributed by atoms with Crippen molar-refractivity contribution in [1.82, 2.24) is 5.32 Å². The van der Waals surface area contributed by atoms with E-state index in [2.05, 4.69) is 10.1 Å². The SMILES string of the molecule is COC(=O)[C@@H](OC(C)=O)[C@@H](C[C@H](O)CCCc1ccccc1)NC(C)=O. The number of methoxy groups -OCH3 is 1. The number of aliphatic hydroxyl groups excluding tert-OH is 1. The Morgan fingerprint density at radius 3 is 2.35 bits per heavy atom. The number of nitrogens with one attached hydrogen (secondary N) is 1. The second-order valence-electron chi connectivity index (χ2n) is 6.13. The van der Waals surface area contributed by atoms with Crippen LogP contribution < -0.4 is 5.32 Å². The van der Waals surface area contributed by atoms with Crippen LogP contribution in [0.2, 0.25) is 0 Å². The van der Waals surface area contributed by atoms with Gasteiger partial charge in [0.25, 0.3) is 0 Å². The Balaban J connectivity index is 2.66. The van der Waals surface area contributed by atoms with E-state index < -0.39 is 36.1 Å². The fourth-order valence-electron chi connectivity index (χ4n) is 2.71. The van der Waals surface area contributed by atoms with Crippen molar-refractivity contribution >= 4 is 17.8 Å². The lowest BCUT2D eigenvalue weighted by Gasteiger charge is -2.27. The van der Waals surface area contributed by atoms with Gasteiger partial charge in [-0.15, -0.1) is 0 Å². The van der Waals surface area contributed by atoms with Gasteiger partial charge in [-0.05, 0) is 31.2 Å². The first-order chi connectivity index (χ1) is 12.3. The van der Waals surface area contributed by atoms with Crippen LogP contribution in [0.15, 0.2) is 30.3 Å². The molecule has 0 aliphatic rings. The number of amides is 1. The highest BCUT2D eigenvalue weighted by atomic mass is 16.6. The summed E-state index contributed by atoms with van der Waals surface area (Å²) in [5.41, 5.74) is 1.17. The quantitative estimate of drug-likeness (QED) is 0.607. The molecule has 1 rings (SSSR count). The highest BCUT2D eigenvalue weighted by Crippen LogP contribution is 2.14. The van der Waals surface area contributed by atoms with Gasteiger partial charge in [-0.25, -0.2) is 4.79 Å². The molecule has 7 nitrogen and oxygen atoms in total. The first-order valence-electron chi connectivity index (χ1n) is 8.57. The highest BCUT2D eigenvalue weighted by Gasteiger charge is 2.34. The van der Waals surface area contributed by atoms with Gasteiger partial charge in [0.15, 0.2) is 0 Å². The van der Waals surface area contributed by atoms with Crippen LogP contribution in [0.25, 0.3) is 0 Å². The maximum atomic E-state index is 11.9. The molecule has 0 heterocycles. The van der Waals surface area contributed by atoms with E-state index in [4.69, 9.17) is 4.74 Å². The molecule has 0 radical (unpaired) electrons. The minimum Gasteiger partial charge on any atom is -0.466 e. The Hall–Kier alpha value is -2.41. The number of benzene rings is 1. The Kier molecular flexibility index (Phi) is 9.36. The molecule has 7 heteroatoms. The molecule has 144 valence electrons. The molecule has 3 atom stereocenters. The number of carbonyl (C=O) groups is 3. The van der Waals surface area contributed by atoms with Gasteiger partial charge in [-0.2, -0.15) is 0 Å². The van der Waals surface area contributed by atoms with E-state index in [1.165, 1.54) is 19.6 Å². The van der Waals surface area contributed by atoms with Crippen LogP contribution in [0.4, 0.5) is 0 Å². The minimum absolute atomic E-state index is 0.0708. The third kappa shape index (κ3) is 8.11. The molecule has 2 N–H and O–H groups in total. The molecule has 0 saturated heterocycles. The van der Waals surface area contributed by atoms with Crippen molar-refractivity contribution < 1.29 is 29.0 Å². The van der Waals surface area contributed by atoms with Gasteiger partial charge in [0, 0.05) is 13.8 Å². The van der Waals surface area contributed by atoms with Gasteiger partial charge in [-0.1, -0.05) is 30.3 Å². The smallest absolute Gasteiger partial charge is 0.349 e. The average Bonchev–Trinajstić information content (AvgIpc) is 2.59. The molecule has 0 saturated carbocycles. The zero-order valence-corrected chi connectivity index (χ0v) is 15.4. The Morgan fingerprint density at radius 2 is 1.81 bits per heavy atom. The molecule has 0 aromatic heterocycles. The third-order valence-electron chi connectivity index (χ3n) is 3.85. The fraction of sp³-hybridized carbons (Fsp3) is 0.526. The van der Waals surface area contributed by atoms with Crippen LogP contribution in [0.3, 0.4) is 0 Å². The molecule has 0 fully saturated rings. The largest absolute Gasteiger partial charge is 0.466 e. The number of hydrogen-bond donors (Lipinski definition) is 2. The second kappa shape index (κ2) is 11.3. The third-order valence-corrected chi connectivity index (χ3v) is 3.85. The monoisotopic (exact) mass is 365 g/mol. The van der Waals surface area contributed by atoms with Crippen molar-refractivity contribution in [2.24, 2.45) is 0 Å². The number of ether oxygens (including phenoxy) is 2. The average molecular weight is 365 g/mol. The van der Waals surface area contributed by atoms with E-state index >= 15 is 0 Å². The topological polar surface area (TPSA) is 102 Å². The maximum Gasteiger partial charge on any atom is 0.349 e. The molecule has 26 heavy (non-hydrogen) atoms. The van der Waals surface area contributed by atoms with Crippen LogP contribution in [0.5, 0.6) is 0 Å². The van der Waals surface area contributed by atoms with Gasteiger partial charge in [0.2, 0.25) is 12.0 Å². The molecule has 0 unspecified atom stereocenters. The lowest BCUT2D eigenvalue weighted by molar-refractivity contribution is -0.167. The molecule has 0 aliphatic heterocycles. The molecule has 0 bridgehead atoms. The molecular formula is C19H27NO6. The predicted molar refractivity (Wildman–Crippen MR) is 95.2 cm³/mol. The van der Waals surface area contributed by atoms with Crippen LogP contribution in [-0.4, -0.2) is 48.3 Å². The van der Waals surface area contributed by atoms with Crippen molar-refractivity contribution in [2.75, 3.05) is 7.11 Å². The molecule has 0 spiro atoms. The number of aryl methyl sites for hydroxylation is 1. The standard InChI is InChI=1S/C19H27NO6/c1-13(21)20-17(18(19(24)25-3)26-14(2)22)12-16(23)11-7-10-15-8-5-4-6-9-15/h4-6,8-9,16-18,23H,7,10-12H2,1-3H3,(H,20,21)/t16-,17-,18+/m1/s1. The molecule has 1 aromatic carbocycles. The summed E-state index contributed by atoms with van der Waals surface area (Å²) in [6, 6.07) is 9.02. The summed E-state index contributed by atoms with van der Waals surface area (Å²) in [4.78, 5) is 34.6. The summed E-state index contributed by atoms with van der Waals surface area (Å²) in [5.74, 6) is -1.85. The summed E-state index contributed by atoms with van der Waals surface area (Å²) in [6.45, 7) is 2.45. The van der Waals surface area contributed by atoms with E-state index in [0.717, 1.165) is 19.8 Å². The van der Waals surface area contributed by atoms with E-state index in [0.29, 0.717) is 6.42 Å². The summed E-state index contributed by atoms with van der Waals surface area (Å²) in [5, 5.41) is 12.9. The number of carbonyl (C=O) groups excluding carboxylic acids is 3. The number of hydrogen-bond acceptors (Lipinski definition) is 6. The Labute approximate surface area is 153 Å². The van der Waals surface area contributed by atoms with Crippen LogP contribution in [0.1, 0.15) is 38.7 Å². The van der Waals surface area contributed by atoms with Crippen molar-refractivity contribution in [3.63, 3.8) is 0 Å². The van der Waals surface area contributed by atoms with E-state index in [-0.39, 0.29) is 6.42 Å². The fourth-order valence-corrected chi connectivity index (χ4v) is 2.71. The van der Waals surface area contributed by atoms with E-state index in [9.17, 15) is 19.5 Å². The van der Waals surface area contributed by atoms with E-state index in [1.54, 1.807) is 0 Å². The van der Waals surface area contributed by atoms with Crippen LogP contribution in [-0.2, 0) is 30.3 Å². The molecule has 1 amide bonds. The second-order valence-corrected chi connectivity index (χ2v) is 6.13. The van der Waals surface area contributed by atoms with Crippen LogP contribution >= 0.6 is 0 Å². The van der Waals surface area contributed by atoms with Crippen LogP contribution in [0, 0.1) is 0 Å². The predicted octanol–water partition coefficient (Wildman–Crippen LogP) is 1.37. The summed E-state index contributed by atoms with van der Waals surface area (Å²) >= 11 is 0. The molecule has 1 aromatic rings. The van der Waals surface area contributed by atoms with Gasteiger partial charge in [0.1, 0.15) is 0 Å². The highest BCUT2D eigenvalue weighted by molar-refractivity contribution is 5.81. The zero-order chi connectivity index (χ0) is 19.5. The number of esters is 2. The van der Waals surface area contributed by atoms with Gasteiger partial charge >= 0.3 is 11.9 Å². The number of aliphatic hydroxyl groups is 1. The first kappa shape index (κ1) is 21.6. The lowest BCUT2D eigenvalue weighted by atomic mass is 9.98. The zero-order valence-electron chi connectivity index (χ0n) is 15.4. The lowest BCUT2D eigenvalue weighted by Crippen LogP contribution is -2.50. The van der Waals surface area contributed by atoms with Crippen molar-refractivity contribution in [3.05, 3.63) is 35.9 Å². The van der Waals surface area contributed by atoms with Crippen molar-refractivity contribution in [2.45, 2.75) is 57.8 Å². The molecule has 0 aliphatic carbocycles. The maximum absolute atomic E-state index is 11.9. The normalized spacial score (nSPS) is 14.0. The Morgan fingerprint density at radius 1 is 1.15 bits per heavy atom. The van der Waals surface area contributed by atoms with Gasteiger partial charge in [0.05, 0.1) is 19.3 Å². The van der Waals surface area contributed by atoms with Gasteiger partial charge < -0.3 is 19.9 Å². The Bertz CT molecular complexity index is 589. The first-order valence-corrected chi connectivity index (χ1v) is 8.57. The molecular weight excluding hydrogens is 338 g/mol. The van der Waals surface area contributed by atoms with Crippen molar-refractivity contribution in [1.29, 1.82) is 0 Å². The van der Waals surface area contributed by atoms with Gasteiger partial charge in [-0.3, -0.25) is 9.59 Å². The summed E-state index contributed by atoms with van der Waals surface area (Å²) in [6.07, 6.45) is 0.0467. The summed E-state index contributed by atoms with van der Waals surface area (Å²) < 4.78 is 9.65. The van der Waals surface area contributed by atoms with Crippen molar-refractivity contribution in [3.8, 4) is 0 Å².